The number of methoxy groups -OCH3 is 1. The van der Waals surface area contributed by atoms with Crippen LogP contribution in [0.2, 0.25) is 0 Å². The van der Waals surface area contributed by atoms with Gasteiger partial charge in [0.05, 0.1) is 12.7 Å². The van der Waals surface area contributed by atoms with Crippen molar-refractivity contribution in [2.24, 2.45) is 0 Å². The average molecular weight is 229 g/mol. The second-order valence-electron chi connectivity index (χ2n) is 3.23. The van der Waals surface area contributed by atoms with Crippen LogP contribution in [0.3, 0.4) is 0 Å². The van der Waals surface area contributed by atoms with E-state index < -0.39 is 0 Å². The number of carbonyl (C=O) groups excluding carboxylic acids is 1. The first kappa shape index (κ1) is 11.1. The van der Waals surface area contributed by atoms with Crippen molar-refractivity contribution in [2.75, 3.05) is 12.4 Å². The van der Waals surface area contributed by atoms with Crippen LogP contribution in [-0.4, -0.2) is 23.0 Å². The maximum atomic E-state index is 11.9. The zero-order valence-electron chi connectivity index (χ0n) is 9.25. The van der Waals surface area contributed by atoms with E-state index in [9.17, 15) is 4.79 Å². The topological polar surface area (TPSA) is 64.1 Å². The van der Waals surface area contributed by atoms with Crippen molar-refractivity contribution >= 4 is 11.9 Å². The van der Waals surface area contributed by atoms with E-state index in [-0.39, 0.29) is 11.9 Å². The van der Waals surface area contributed by atoms with Crippen molar-refractivity contribution in [3.05, 3.63) is 48.3 Å². The SMILES string of the molecule is COc1ccccc1C(=O)Nc1ncccn1. The smallest absolute Gasteiger partial charge is 0.261 e. The molecule has 0 atom stereocenters. The number of amides is 1. The Morgan fingerprint density at radius 3 is 2.59 bits per heavy atom. The van der Waals surface area contributed by atoms with Gasteiger partial charge in [-0.05, 0) is 18.2 Å². The summed E-state index contributed by atoms with van der Waals surface area (Å²) in [5.41, 5.74) is 0.447. The number of hydrogen-bond donors (Lipinski definition) is 1. The van der Waals surface area contributed by atoms with E-state index in [4.69, 9.17) is 4.74 Å². The summed E-state index contributed by atoms with van der Waals surface area (Å²) in [5.74, 6) is 0.484. The standard InChI is InChI=1S/C12H11N3O2/c1-17-10-6-3-2-5-9(10)11(16)15-12-13-7-4-8-14-12/h2-8H,1H3,(H,13,14,15,16). The van der Waals surface area contributed by atoms with Crippen LogP contribution in [-0.2, 0) is 0 Å². The largest absolute Gasteiger partial charge is 0.496 e. The second-order valence-corrected chi connectivity index (χ2v) is 3.23. The normalized spacial score (nSPS) is 9.71. The summed E-state index contributed by atoms with van der Waals surface area (Å²) in [4.78, 5) is 19.8. The van der Waals surface area contributed by atoms with Crippen LogP contribution >= 0.6 is 0 Å². The Balaban J connectivity index is 2.20. The fourth-order valence-electron chi connectivity index (χ4n) is 1.36. The van der Waals surface area contributed by atoms with Gasteiger partial charge in [-0.25, -0.2) is 9.97 Å². The molecule has 0 unspecified atom stereocenters. The maximum absolute atomic E-state index is 11.9. The number of benzene rings is 1. The molecule has 1 heterocycles. The minimum atomic E-state index is -0.298. The third-order valence-electron chi connectivity index (χ3n) is 2.14. The predicted octanol–water partition coefficient (Wildman–Crippen LogP) is 1.74. The Hall–Kier alpha value is -2.43. The minimum Gasteiger partial charge on any atom is -0.496 e. The number of aromatic nitrogens is 2. The van der Waals surface area contributed by atoms with Crippen LogP contribution in [0, 0.1) is 0 Å². The Morgan fingerprint density at radius 1 is 1.18 bits per heavy atom. The lowest BCUT2D eigenvalue weighted by Gasteiger charge is -2.07. The van der Waals surface area contributed by atoms with Gasteiger partial charge >= 0.3 is 0 Å². The van der Waals surface area contributed by atoms with Crippen LogP contribution in [0.15, 0.2) is 42.7 Å². The number of nitrogens with zero attached hydrogens (tertiary/aromatic N) is 2. The van der Waals surface area contributed by atoms with E-state index in [0.29, 0.717) is 11.3 Å². The zero-order valence-corrected chi connectivity index (χ0v) is 9.25. The van der Waals surface area contributed by atoms with Crippen LogP contribution in [0.25, 0.3) is 0 Å². The summed E-state index contributed by atoms with van der Waals surface area (Å²) in [6.07, 6.45) is 3.12. The van der Waals surface area contributed by atoms with E-state index in [2.05, 4.69) is 15.3 Å². The van der Waals surface area contributed by atoms with E-state index in [1.807, 2.05) is 0 Å². The molecule has 2 aromatic rings. The Morgan fingerprint density at radius 2 is 1.88 bits per heavy atom. The minimum absolute atomic E-state index is 0.267. The van der Waals surface area contributed by atoms with Gasteiger partial charge < -0.3 is 4.74 Å². The Kier molecular flexibility index (Phi) is 3.30. The summed E-state index contributed by atoms with van der Waals surface area (Å²) in [7, 11) is 1.52. The van der Waals surface area contributed by atoms with Gasteiger partial charge in [-0.1, -0.05) is 12.1 Å². The lowest BCUT2D eigenvalue weighted by molar-refractivity contribution is 0.102. The summed E-state index contributed by atoms with van der Waals surface area (Å²) < 4.78 is 5.10. The molecule has 0 radical (unpaired) electrons. The molecule has 2 rings (SSSR count). The molecule has 86 valence electrons. The number of rotatable bonds is 3. The van der Waals surface area contributed by atoms with Gasteiger partial charge in [-0.15, -0.1) is 0 Å². The van der Waals surface area contributed by atoms with E-state index >= 15 is 0 Å². The Bertz CT molecular complexity index is 514. The molecule has 0 saturated carbocycles. The molecule has 17 heavy (non-hydrogen) atoms. The third kappa shape index (κ3) is 2.57. The number of carbonyl (C=O) groups is 1. The number of para-hydroxylation sites is 1. The quantitative estimate of drug-likeness (QED) is 0.870. The number of nitrogens with one attached hydrogen (secondary N) is 1. The first-order valence-corrected chi connectivity index (χ1v) is 5.02. The number of ether oxygens (including phenoxy) is 1. The first-order chi connectivity index (χ1) is 8.31. The van der Waals surface area contributed by atoms with Gasteiger partial charge in [0.25, 0.3) is 5.91 Å². The fourth-order valence-corrected chi connectivity index (χ4v) is 1.36. The highest BCUT2D eigenvalue weighted by Gasteiger charge is 2.12. The molecule has 5 nitrogen and oxygen atoms in total. The number of anilines is 1. The molecule has 0 aliphatic carbocycles. The molecule has 0 aliphatic heterocycles. The highest BCUT2D eigenvalue weighted by molar-refractivity contribution is 6.05. The van der Waals surface area contributed by atoms with Gasteiger partial charge in [0.1, 0.15) is 5.75 Å². The van der Waals surface area contributed by atoms with Crippen molar-refractivity contribution in [3.63, 3.8) is 0 Å². The van der Waals surface area contributed by atoms with Gasteiger partial charge in [-0.2, -0.15) is 0 Å². The van der Waals surface area contributed by atoms with E-state index in [1.54, 1.807) is 42.7 Å². The van der Waals surface area contributed by atoms with Crippen LogP contribution in [0.4, 0.5) is 5.95 Å². The molecule has 5 heteroatoms. The highest BCUT2D eigenvalue weighted by Crippen LogP contribution is 2.17. The van der Waals surface area contributed by atoms with Crippen molar-refractivity contribution in [3.8, 4) is 5.75 Å². The van der Waals surface area contributed by atoms with Gasteiger partial charge in [0.15, 0.2) is 0 Å². The summed E-state index contributed by atoms with van der Waals surface area (Å²) in [5, 5.41) is 2.59. The van der Waals surface area contributed by atoms with Crippen molar-refractivity contribution in [2.45, 2.75) is 0 Å². The molecular weight excluding hydrogens is 218 g/mol. The molecule has 0 bridgehead atoms. The lowest BCUT2D eigenvalue weighted by atomic mass is 10.2. The fraction of sp³-hybridized carbons (Fsp3) is 0.0833. The van der Waals surface area contributed by atoms with Crippen LogP contribution < -0.4 is 10.1 Å². The first-order valence-electron chi connectivity index (χ1n) is 5.02. The molecule has 0 aliphatic rings. The van der Waals surface area contributed by atoms with Gasteiger partial charge in [-0.3, -0.25) is 10.1 Å². The molecule has 1 aromatic carbocycles. The average Bonchev–Trinajstić information content (AvgIpc) is 2.40. The predicted molar refractivity (Wildman–Crippen MR) is 63.0 cm³/mol. The van der Waals surface area contributed by atoms with E-state index in [1.165, 1.54) is 7.11 Å². The summed E-state index contributed by atoms with van der Waals surface area (Å²) in [6.45, 7) is 0. The monoisotopic (exact) mass is 229 g/mol. The molecule has 1 N–H and O–H groups in total. The zero-order chi connectivity index (χ0) is 12.1. The lowest BCUT2D eigenvalue weighted by Crippen LogP contribution is -2.14. The van der Waals surface area contributed by atoms with Crippen molar-refractivity contribution < 1.29 is 9.53 Å². The van der Waals surface area contributed by atoms with Gasteiger partial charge in [0, 0.05) is 12.4 Å². The van der Waals surface area contributed by atoms with Crippen LogP contribution in [0.5, 0.6) is 5.75 Å². The molecule has 0 spiro atoms. The number of hydrogen-bond acceptors (Lipinski definition) is 4. The molecule has 0 fully saturated rings. The van der Waals surface area contributed by atoms with E-state index in [0.717, 1.165) is 0 Å². The molecule has 1 aromatic heterocycles. The molecular formula is C12H11N3O2. The van der Waals surface area contributed by atoms with Crippen molar-refractivity contribution in [1.82, 2.24) is 9.97 Å². The maximum Gasteiger partial charge on any atom is 0.261 e. The van der Waals surface area contributed by atoms with Crippen molar-refractivity contribution in [1.29, 1.82) is 0 Å². The Labute approximate surface area is 98.5 Å². The van der Waals surface area contributed by atoms with Gasteiger partial charge in [0.2, 0.25) is 5.95 Å². The second kappa shape index (κ2) is 5.07. The summed E-state index contributed by atoms with van der Waals surface area (Å²) in [6, 6.07) is 8.65. The van der Waals surface area contributed by atoms with Crippen LogP contribution in [0.1, 0.15) is 10.4 Å². The molecule has 0 saturated heterocycles. The third-order valence-corrected chi connectivity index (χ3v) is 2.14. The highest BCUT2D eigenvalue weighted by atomic mass is 16.5. The summed E-state index contributed by atoms with van der Waals surface area (Å²) >= 11 is 0. The molecule has 1 amide bonds.